The second-order valence-corrected chi connectivity index (χ2v) is 8.70. The fraction of sp³-hybridized carbons (Fsp3) is 0.310. The average Bonchev–Trinajstić information content (AvgIpc) is 2.93. The molecule has 0 aromatic heterocycles. The summed E-state index contributed by atoms with van der Waals surface area (Å²) in [6, 6.07) is 10.9. The largest absolute Gasteiger partial charge is 0.481 e. The normalized spacial score (nSPS) is 11.6. The second-order valence-electron chi connectivity index (χ2n) is 8.70. The Morgan fingerprint density at radius 1 is 0.951 bits per heavy atom. The molecule has 0 aliphatic heterocycles. The monoisotopic (exact) mass is 567 g/mol. The van der Waals surface area contributed by atoms with E-state index < -0.39 is 48.7 Å². The first-order valence-electron chi connectivity index (χ1n) is 12.8. The van der Waals surface area contributed by atoms with E-state index in [2.05, 4.69) is 0 Å². The summed E-state index contributed by atoms with van der Waals surface area (Å²) in [6.07, 6.45) is 0.532. The minimum atomic E-state index is -1.38. The number of nitrogen functional groups attached to an aromatic ring is 1. The Labute approximate surface area is 237 Å². The molecule has 1 amide bonds. The summed E-state index contributed by atoms with van der Waals surface area (Å²) in [5, 5.41) is 16.6. The highest BCUT2D eigenvalue weighted by molar-refractivity contribution is 6.00. The number of esters is 3. The lowest BCUT2D eigenvalue weighted by atomic mass is 10.1. The highest BCUT2D eigenvalue weighted by Gasteiger charge is 2.34. The van der Waals surface area contributed by atoms with Gasteiger partial charge in [-0.05, 0) is 68.8 Å². The fourth-order valence-electron chi connectivity index (χ4n) is 3.67. The van der Waals surface area contributed by atoms with Crippen molar-refractivity contribution >= 4 is 41.7 Å². The van der Waals surface area contributed by atoms with Crippen molar-refractivity contribution in [2.45, 2.75) is 39.7 Å². The van der Waals surface area contributed by atoms with Crippen molar-refractivity contribution in [3.63, 3.8) is 0 Å². The Balaban J connectivity index is 2.25. The number of nitrogens with zero attached hydrogens (tertiary/aromatic N) is 1. The van der Waals surface area contributed by atoms with E-state index in [9.17, 15) is 29.1 Å². The molecule has 12 nitrogen and oxygen atoms in total. The maximum Gasteiger partial charge on any atom is 0.343 e. The quantitative estimate of drug-likeness (QED) is 0.101. The van der Waals surface area contributed by atoms with E-state index in [1.54, 1.807) is 38.1 Å². The molecule has 4 N–H and O–H groups in total. The Kier molecular flexibility index (Phi) is 12.2. The molecule has 0 aliphatic carbocycles. The summed E-state index contributed by atoms with van der Waals surface area (Å²) in [6.45, 7) is 4.35. The zero-order valence-corrected chi connectivity index (χ0v) is 23.0. The number of ether oxygens (including phenoxy) is 3. The lowest BCUT2D eigenvalue weighted by Gasteiger charge is -2.29. The van der Waals surface area contributed by atoms with Gasteiger partial charge in [-0.25, -0.2) is 9.59 Å². The zero-order valence-electron chi connectivity index (χ0n) is 23.0. The first-order valence-corrected chi connectivity index (χ1v) is 12.8. The predicted molar refractivity (Wildman–Crippen MR) is 148 cm³/mol. The minimum absolute atomic E-state index is 0.00749. The van der Waals surface area contributed by atoms with E-state index in [1.807, 2.05) is 0 Å². The fourth-order valence-corrected chi connectivity index (χ4v) is 3.67. The third kappa shape index (κ3) is 9.92. The predicted octanol–water partition coefficient (Wildman–Crippen LogP) is 2.78. The molecule has 1 atom stereocenters. The SMILES string of the molecule is CCOC(=O)CC(C(=O)OCC)N(CCC(=O)O)C(=O)/C(C)=C/c1ccc(C(=O)Oc2ccc(C(=N)N)cc2)cc1. The van der Waals surface area contributed by atoms with Gasteiger partial charge in [0.25, 0.3) is 0 Å². The lowest BCUT2D eigenvalue weighted by Crippen LogP contribution is -2.48. The van der Waals surface area contributed by atoms with Crippen LogP contribution in [0.2, 0.25) is 0 Å². The van der Waals surface area contributed by atoms with Gasteiger partial charge >= 0.3 is 23.9 Å². The Morgan fingerprint density at radius 2 is 1.54 bits per heavy atom. The molecular weight excluding hydrogens is 534 g/mol. The Hall–Kier alpha value is -5.00. The smallest absolute Gasteiger partial charge is 0.343 e. The molecule has 0 aliphatic rings. The first kappa shape index (κ1) is 32.2. The zero-order chi connectivity index (χ0) is 30.5. The van der Waals surface area contributed by atoms with Crippen LogP contribution in [0.1, 0.15) is 55.1 Å². The summed E-state index contributed by atoms with van der Waals surface area (Å²) in [5.74, 6) is -3.93. The van der Waals surface area contributed by atoms with Crippen LogP contribution in [-0.4, -0.2) is 71.4 Å². The molecule has 218 valence electrons. The van der Waals surface area contributed by atoms with Gasteiger partial charge in [-0.15, -0.1) is 0 Å². The van der Waals surface area contributed by atoms with E-state index in [1.165, 1.54) is 37.3 Å². The van der Waals surface area contributed by atoms with Crippen LogP contribution in [-0.2, 0) is 28.7 Å². The molecule has 0 bridgehead atoms. The molecule has 0 saturated heterocycles. The van der Waals surface area contributed by atoms with E-state index in [0.717, 1.165) is 4.90 Å². The topological polar surface area (TPSA) is 186 Å². The number of carbonyl (C=O) groups excluding carboxylic acids is 4. The van der Waals surface area contributed by atoms with Crippen molar-refractivity contribution in [2.75, 3.05) is 19.8 Å². The number of amides is 1. The van der Waals surface area contributed by atoms with Crippen LogP contribution >= 0.6 is 0 Å². The third-order valence-corrected chi connectivity index (χ3v) is 5.67. The number of carboxylic acid groups (broad SMARTS) is 1. The number of aliphatic carboxylic acids is 1. The number of nitrogens with two attached hydrogens (primary N) is 1. The number of carboxylic acids is 1. The number of nitrogens with one attached hydrogen (secondary N) is 1. The molecular formula is C29H33N3O9. The molecule has 2 aromatic carbocycles. The van der Waals surface area contributed by atoms with Gasteiger partial charge in [0.05, 0.1) is 31.6 Å². The minimum Gasteiger partial charge on any atom is -0.481 e. The van der Waals surface area contributed by atoms with Gasteiger partial charge < -0.3 is 30.0 Å². The Bertz CT molecular complexity index is 1300. The van der Waals surface area contributed by atoms with Gasteiger partial charge in [0.15, 0.2) is 0 Å². The number of hydrogen-bond donors (Lipinski definition) is 3. The van der Waals surface area contributed by atoms with E-state index in [0.29, 0.717) is 11.1 Å². The van der Waals surface area contributed by atoms with Gasteiger partial charge in [-0.3, -0.25) is 19.8 Å². The Morgan fingerprint density at radius 3 is 2.07 bits per heavy atom. The molecule has 12 heteroatoms. The summed E-state index contributed by atoms with van der Waals surface area (Å²) in [5.41, 5.74) is 6.83. The van der Waals surface area contributed by atoms with Crippen LogP contribution in [0.15, 0.2) is 54.1 Å². The maximum absolute atomic E-state index is 13.4. The molecule has 41 heavy (non-hydrogen) atoms. The van der Waals surface area contributed by atoms with Gasteiger partial charge in [0, 0.05) is 17.7 Å². The van der Waals surface area contributed by atoms with Gasteiger partial charge in [0.2, 0.25) is 5.91 Å². The molecule has 0 fully saturated rings. The summed E-state index contributed by atoms with van der Waals surface area (Å²) < 4.78 is 15.3. The van der Waals surface area contributed by atoms with Crippen molar-refractivity contribution in [3.05, 3.63) is 70.8 Å². The van der Waals surface area contributed by atoms with E-state index in [-0.39, 0.29) is 42.5 Å². The molecule has 0 saturated carbocycles. The number of rotatable bonds is 14. The van der Waals surface area contributed by atoms with Crippen molar-refractivity contribution in [3.8, 4) is 5.75 Å². The maximum atomic E-state index is 13.4. The summed E-state index contributed by atoms with van der Waals surface area (Å²) in [4.78, 5) is 63.1. The molecule has 0 radical (unpaired) electrons. The van der Waals surface area contributed by atoms with Crippen LogP contribution in [0.4, 0.5) is 0 Å². The first-order chi connectivity index (χ1) is 19.5. The summed E-state index contributed by atoms with van der Waals surface area (Å²) >= 11 is 0. The van der Waals surface area contributed by atoms with E-state index >= 15 is 0 Å². The molecule has 1 unspecified atom stereocenters. The molecule has 2 aromatic rings. The standard InChI is InChI=1S/C29H33N3O9/c1-4-39-25(35)17-23(29(38)40-5-2)32(15-14-24(33)34)27(36)18(3)16-19-6-8-21(9-7-19)28(37)41-22-12-10-20(11-13-22)26(30)31/h6-13,16,23H,4-5,14-15,17H2,1-3H3,(H3,30,31)(H,33,34)/b18-16+. The molecule has 0 heterocycles. The van der Waals surface area contributed by atoms with Crippen molar-refractivity contribution < 1.29 is 43.3 Å². The van der Waals surface area contributed by atoms with Gasteiger partial charge in [-0.1, -0.05) is 12.1 Å². The lowest BCUT2D eigenvalue weighted by molar-refractivity contribution is -0.159. The number of benzene rings is 2. The molecule has 2 rings (SSSR count). The van der Waals surface area contributed by atoms with Crippen LogP contribution < -0.4 is 10.5 Å². The molecule has 0 spiro atoms. The van der Waals surface area contributed by atoms with Gasteiger partial charge in [0.1, 0.15) is 17.6 Å². The van der Waals surface area contributed by atoms with E-state index in [4.69, 9.17) is 25.4 Å². The highest BCUT2D eigenvalue weighted by Crippen LogP contribution is 2.18. The number of amidine groups is 1. The van der Waals surface area contributed by atoms with Crippen molar-refractivity contribution in [1.82, 2.24) is 4.90 Å². The average molecular weight is 568 g/mol. The van der Waals surface area contributed by atoms with Crippen LogP contribution in [0.25, 0.3) is 6.08 Å². The second kappa shape index (κ2) is 15.6. The van der Waals surface area contributed by atoms with Gasteiger partial charge in [-0.2, -0.15) is 0 Å². The summed E-state index contributed by atoms with van der Waals surface area (Å²) in [7, 11) is 0. The van der Waals surface area contributed by atoms with Crippen LogP contribution in [0.3, 0.4) is 0 Å². The van der Waals surface area contributed by atoms with Crippen LogP contribution in [0, 0.1) is 5.41 Å². The number of hydrogen-bond acceptors (Lipinski definition) is 9. The van der Waals surface area contributed by atoms with Crippen molar-refractivity contribution in [2.24, 2.45) is 5.73 Å². The third-order valence-electron chi connectivity index (χ3n) is 5.67. The van der Waals surface area contributed by atoms with Crippen molar-refractivity contribution in [1.29, 1.82) is 5.41 Å². The highest BCUT2D eigenvalue weighted by atomic mass is 16.5. The number of carbonyl (C=O) groups is 5. The van der Waals surface area contributed by atoms with Crippen LogP contribution in [0.5, 0.6) is 5.75 Å².